The van der Waals surface area contributed by atoms with E-state index in [1.54, 1.807) is 12.5 Å². The van der Waals surface area contributed by atoms with Gasteiger partial charge in [-0.1, -0.05) is 12.1 Å². The summed E-state index contributed by atoms with van der Waals surface area (Å²) in [6.07, 6.45) is 3.41. The molecule has 7 heteroatoms. The number of fused-ring (bicyclic) bond motifs is 2. The zero-order chi connectivity index (χ0) is 23.7. The number of esters is 1. The van der Waals surface area contributed by atoms with Gasteiger partial charge in [-0.2, -0.15) is 0 Å². The highest BCUT2D eigenvalue weighted by atomic mass is 16.5. The van der Waals surface area contributed by atoms with E-state index in [4.69, 9.17) is 19.6 Å². The largest absolute Gasteiger partial charge is 0.481 e. The van der Waals surface area contributed by atoms with Gasteiger partial charge >= 0.3 is 5.97 Å². The van der Waals surface area contributed by atoms with Crippen LogP contribution in [0.5, 0.6) is 5.75 Å². The number of hydrogen-bond acceptors (Lipinski definition) is 7. The molecule has 0 fully saturated rings. The molecule has 1 aliphatic rings. The van der Waals surface area contributed by atoms with E-state index in [0.717, 1.165) is 50.4 Å². The fraction of sp³-hybridized carbons (Fsp3) is 0.259. The zero-order valence-corrected chi connectivity index (χ0v) is 19.3. The van der Waals surface area contributed by atoms with Crippen molar-refractivity contribution in [2.75, 3.05) is 25.1 Å². The molecule has 2 aromatic carbocycles. The summed E-state index contributed by atoms with van der Waals surface area (Å²) in [5, 5.41) is 0.996. The molecule has 0 aliphatic carbocycles. The van der Waals surface area contributed by atoms with E-state index in [1.807, 2.05) is 50.4 Å². The minimum atomic E-state index is -0.264. The van der Waals surface area contributed by atoms with Gasteiger partial charge in [-0.05, 0) is 54.4 Å². The van der Waals surface area contributed by atoms with Crippen molar-refractivity contribution in [3.05, 3.63) is 77.8 Å². The highest BCUT2D eigenvalue weighted by molar-refractivity contribution is 5.93. The molecule has 2 aromatic heterocycles. The lowest BCUT2D eigenvalue weighted by Crippen LogP contribution is -2.32. The van der Waals surface area contributed by atoms with Gasteiger partial charge in [0.15, 0.2) is 0 Å². The number of anilines is 1. The lowest BCUT2D eigenvalue weighted by Gasteiger charge is -2.35. The summed E-state index contributed by atoms with van der Waals surface area (Å²) < 4.78 is 17.5. The van der Waals surface area contributed by atoms with Gasteiger partial charge in [0, 0.05) is 36.3 Å². The van der Waals surface area contributed by atoms with Crippen molar-refractivity contribution in [3.63, 3.8) is 0 Å². The van der Waals surface area contributed by atoms with Crippen molar-refractivity contribution in [2.45, 2.75) is 26.0 Å². The number of aromatic nitrogens is 1. The first-order valence-electron chi connectivity index (χ1n) is 11.4. The number of carbonyl (C=O) groups is 1. The lowest BCUT2D eigenvalue weighted by atomic mass is 9.96. The Balaban J connectivity index is 1.55. The fourth-order valence-electron chi connectivity index (χ4n) is 4.48. The van der Waals surface area contributed by atoms with Crippen LogP contribution in [0.15, 0.2) is 65.4 Å². The Morgan fingerprint density at radius 3 is 2.94 bits per heavy atom. The first-order valence-corrected chi connectivity index (χ1v) is 11.4. The first kappa shape index (κ1) is 22.0. The molecule has 34 heavy (non-hydrogen) atoms. The molecule has 0 bridgehead atoms. The molecule has 0 saturated heterocycles. The lowest BCUT2D eigenvalue weighted by molar-refractivity contribution is -0.142. The first-order chi connectivity index (χ1) is 16.6. The molecule has 5 rings (SSSR count). The number of ether oxygens (including phenoxy) is 2. The van der Waals surface area contributed by atoms with Crippen LogP contribution in [0, 0.1) is 0 Å². The molecular formula is C27H27N3O4. The molecular weight excluding hydrogens is 430 g/mol. The van der Waals surface area contributed by atoms with Crippen molar-refractivity contribution >= 4 is 22.6 Å². The van der Waals surface area contributed by atoms with Crippen LogP contribution in [0.25, 0.3) is 22.1 Å². The van der Waals surface area contributed by atoms with Gasteiger partial charge < -0.3 is 24.5 Å². The van der Waals surface area contributed by atoms with E-state index in [-0.39, 0.29) is 18.5 Å². The summed E-state index contributed by atoms with van der Waals surface area (Å²) in [6, 6.07) is 16.0. The second-order valence-corrected chi connectivity index (χ2v) is 8.38. The van der Waals surface area contributed by atoms with Gasteiger partial charge in [0.25, 0.3) is 0 Å². The third-order valence-corrected chi connectivity index (χ3v) is 6.11. The van der Waals surface area contributed by atoms with Crippen LogP contribution in [0.2, 0.25) is 0 Å². The number of hydrogen-bond donors (Lipinski definition) is 1. The molecule has 1 atom stereocenters. The van der Waals surface area contributed by atoms with Crippen LogP contribution in [-0.2, 0) is 22.5 Å². The summed E-state index contributed by atoms with van der Waals surface area (Å²) in [6.45, 7) is 3.20. The highest BCUT2D eigenvalue weighted by Gasteiger charge is 2.28. The Hall–Kier alpha value is -3.84. The Morgan fingerprint density at radius 2 is 2.12 bits per heavy atom. The van der Waals surface area contributed by atoms with Crippen LogP contribution < -0.4 is 15.4 Å². The minimum absolute atomic E-state index is 0.169. The molecule has 7 nitrogen and oxygen atoms in total. The van der Waals surface area contributed by atoms with Gasteiger partial charge in [-0.25, -0.2) is 0 Å². The minimum Gasteiger partial charge on any atom is -0.481 e. The van der Waals surface area contributed by atoms with Gasteiger partial charge in [0.2, 0.25) is 0 Å². The third-order valence-electron chi connectivity index (χ3n) is 6.11. The SMILES string of the molecule is CCOC(=O)Cc1cccc2c1OC(c1cc(-c3ccnc(CN)c3)c3occc3c1)CN2C. The van der Waals surface area contributed by atoms with E-state index < -0.39 is 0 Å². The van der Waals surface area contributed by atoms with Crippen molar-refractivity contribution < 1.29 is 18.7 Å². The van der Waals surface area contributed by atoms with Crippen molar-refractivity contribution in [2.24, 2.45) is 5.73 Å². The summed E-state index contributed by atoms with van der Waals surface area (Å²) in [4.78, 5) is 18.7. The quantitative estimate of drug-likeness (QED) is 0.422. The Morgan fingerprint density at radius 1 is 1.24 bits per heavy atom. The zero-order valence-electron chi connectivity index (χ0n) is 19.3. The van der Waals surface area contributed by atoms with Crippen molar-refractivity contribution in [1.82, 2.24) is 4.98 Å². The summed E-state index contributed by atoms with van der Waals surface area (Å²) in [5.74, 6) is 0.456. The average molecular weight is 458 g/mol. The summed E-state index contributed by atoms with van der Waals surface area (Å²) in [5.41, 5.74) is 12.2. The van der Waals surface area contributed by atoms with Gasteiger partial charge in [-0.15, -0.1) is 0 Å². The van der Waals surface area contributed by atoms with E-state index in [0.29, 0.717) is 19.7 Å². The molecule has 2 N–H and O–H groups in total. The van der Waals surface area contributed by atoms with Gasteiger partial charge in [0.05, 0.1) is 37.2 Å². The van der Waals surface area contributed by atoms with Crippen molar-refractivity contribution in [1.29, 1.82) is 0 Å². The number of pyridine rings is 1. The predicted molar refractivity (Wildman–Crippen MR) is 131 cm³/mol. The van der Waals surface area contributed by atoms with Crippen LogP contribution in [0.4, 0.5) is 5.69 Å². The second-order valence-electron chi connectivity index (χ2n) is 8.38. The maximum atomic E-state index is 12.2. The number of likely N-dealkylation sites (N-methyl/N-ethyl adjacent to an activating group) is 1. The monoisotopic (exact) mass is 457 g/mol. The van der Waals surface area contributed by atoms with E-state index in [9.17, 15) is 4.79 Å². The normalized spacial score (nSPS) is 15.1. The Labute approximate surface area is 198 Å². The number of rotatable bonds is 6. The van der Waals surface area contributed by atoms with Gasteiger partial charge in [0.1, 0.15) is 17.4 Å². The number of carbonyl (C=O) groups excluding carboxylic acids is 1. The van der Waals surface area contributed by atoms with Gasteiger partial charge in [-0.3, -0.25) is 9.78 Å². The van der Waals surface area contributed by atoms with E-state index in [2.05, 4.69) is 22.0 Å². The third kappa shape index (κ3) is 4.10. The van der Waals surface area contributed by atoms with E-state index >= 15 is 0 Å². The second kappa shape index (κ2) is 9.19. The highest BCUT2D eigenvalue weighted by Crippen LogP contribution is 2.42. The number of nitrogens with zero attached hydrogens (tertiary/aromatic N) is 2. The molecule has 0 spiro atoms. The smallest absolute Gasteiger partial charge is 0.310 e. The maximum Gasteiger partial charge on any atom is 0.310 e. The number of para-hydroxylation sites is 1. The van der Waals surface area contributed by atoms with Crippen molar-refractivity contribution in [3.8, 4) is 16.9 Å². The number of nitrogens with two attached hydrogens (primary N) is 1. The molecule has 0 radical (unpaired) electrons. The van der Waals surface area contributed by atoms with Crippen LogP contribution in [-0.4, -0.2) is 31.2 Å². The van der Waals surface area contributed by atoms with Crippen LogP contribution >= 0.6 is 0 Å². The molecule has 4 aromatic rings. The molecule has 0 amide bonds. The average Bonchev–Trinajstić information content (AvgIpc) is 3.33. The Kier molecular flexibility index (Phi) is 5.94. The van der Waals surface area contributed by atoms with Crippen LogP contribution in [0.3, 0.4) is 0 Å². The topological polar surface area (TPSA) is 90.8 Å². The molecule has 3 heterocycles. The standard InChI is InChI=1S/C27H27N3O4/c1-3-32-25(31)14-18-5-4-6-23-27(18)34-24(16-30(23)2)20-11-19-8-10-33-26(19)22(13-20)17-7-9-29-21(12-17)15-28/h4-13,24H,3,14-16,28H2,1-2H3. The number of furan rings is 1. The fourth-order valence-corrected chi connectivity index (χ4v) is 4.48. The summed E-state index contributed by atoms with van der Waals surface area (Å²) >= 11 is 0. The maximum absolute atomic E-state index is 12.2. The predicted octanol–water partition coefficient (Wildman–Crippen LogP) is 4.63. The van der Waals surface area contributed by atoms with Crippen LogP contribution in [0.1, 0.15) is 29.8 Å². The summed E-state index contributed by atoms with van der Waals surface area (Å²) in [7, 11) is 2.04. The molecule has 0 saturated carbocycles. The molecule has 1 unspecified atom stereocenters. The molecule has 174 valence electrons. The van der Waals surface area contributed by atoms with E-state index in [1.165, 1.54) is 0 Å². The number of benzene rings is 2. The molecule has 1 aliphatic heterocycles. The Bertz CT molecular complexity index is 1350.